The molecule has 0 aliphatic rings. The van der Waals surface area contributed by atoms with E-state index in [1.54, 1.807) is 18.3 Å². The highest BCUT2D eigenvalue weighted by Gasteiger charge is 2.17. The van der Waals surface area contributed by atoms with Crippen LogP contribution in [0.3, 0.4) is 0 Å². The molecule has 0 bridgehead atoms. The predicted octanol–water partition coefficient (Wildman–Crippen LogP) is 6.37. The number of rotatable bonds is 6. The number of aromatic nitrogens is 1. The fourth-order valence-corrected chi connectivity index (χ4v) is 3.60. The fraction of sp³-hybridized carbons (Fsp3) is 0.111. The van der Waals surface area contributed by atoms with E-state index in [1.807, 2.05) is 30.3 Å². The van der Waals surface area contributed by atoms with Crippen LogP contribution in [0.5, 0.6) is 0 Å². The smallest absolute Gasteiger partial charge is 0.261 e. The molecule has 4 rings (SSSR count). The predicted molar refractivity (Wildman–Crippen MR) is 123 cm³/mol. The first-order valence-corrected chi connectivity index (χ1v) is 10.4. The molecule has 0 saturated carbocycles. The summed E-state index contributed by atoms with van der Waals surface area (Å²) >= 11 is 0. The minimum Gasteiger partial charge on any atom is -0.322 e. The molecular formula is C27H22F2N2O. The van der Waals surface area contributed by atoms with Gasteiger partial charge in [-0.2, -0.15) is 0 Å². The lowest BCUT2D eigenvalue weighted by atomic mass is 9.96. The number of nitrogens with one attached hydrogen (secondary N) is 1. The molecule has 0 radical (unpaired) electrons. The number of pyridine rings is 1. The molecule has 1 N–H and O–H groups in total. The summed E-state index contributed by atoms with van der Waals surface area (Å²) < 4.78 is 27.7. The molecule has 1 aromatic heterocycles. The third kappa shape index (κ3) is 4.89. The molecule has 3 aromatic carbocycles. The average Bonchev–Trinajstić information content (AvgIpc) is 2.80. The quantitative estimate of drug-likeness (QED) is 0.388. The Hall–Kier alpha value is -3.86. The summed E-state index contributed by atoms with van der Waals surface area (Å²) in [5, 5.41) is 2.56. The number of hydrogen-bond donors (Lipinski definition) is 1. The van der Waals surface area contributed by atoms with E-state index in [0.29, 0.717) is 5.69 Å². The fourth-order valence-electron chi connectivity index (χ4n) is 3.60. The number of carbonyl (C=O) groups is 1. The molecule has 1 heterocycles. The van der Waals surface area contributed by atoms with Crippen molar-refractivity contribution in [1.29, 1.82) is 0 Å². The Kier molecular flexibility index (Phi) is 6.36. The van der Waals surface area contributed by atoms with Gasteiger partial charge in [0.15, 0.2) is 0 Å². The molecule has 1 amide bonds. The van der Waals surface area contributed by atoms with E-state index in [0.717, 1.165) is 47.4 Å². The Balaban J connectivity index is 1.49. The molecule has 32 heavy (non-hydrogen) atoms. The van der Waals surface area contributed by atoms with Gasteiger partial charge in [0.2, 0.25) is 0 Å². The monoisotopic (exact) mass is 428 g/mol. The summed E-state index contributed by atoms with van der Waals surface area (Å²) in [6.45, 7) is 2.05. The highest BCUT2D eigenvalue weighted by atomic mass is 19.1. The Bertz CT molecular complexity index is 1220. The molecule has 0 aliphatic heterocycles. The molecule has 5 heteroatoms. The zero-order chi connectivity index (χ0) is 22.5. The second kappa shape index (κ2) is 9.52. The van der Waals surface area contributed by atoms with Gasteiger partial charge in [-0.3, -0.25) is 9.78 Å². The molecule has 0 fully saturated rings. The van der Waals surface area contributed by atoms with Gasteiger partial charge < -0.3 is 5.32 Å². The van der Waals surface area contributed by atoms with Crippen LogP contribution in [-0.2, 0) is 12.8 Å². The summed E-state index contributed by atoms with van der Waals surface area (Å²) in [7, 11) is 0. The van der Waals surface area contributed by atoms with Crippen LogP contribution in [0.15, 0.2) is 85.1 Å². The number of anilines is 1. The van der Waals surface area contributed by atoms with Crippen molar-refractivity contribution in [2.75, 3.05) is 5.32 Å². The van der Waals surface area contributed by atoms with Crippen molar-refractivity contribution in [1.82, 2.24) is 4.98 Å². The number of nitrogens with zero attached hydrogens (tertiary/aromatic N) is 1. The van der Waals surface area contributed by atoms with Crippen LogP contribution in [-0.4, -0.2) is 10.9 Å². The van der Waals surface area contributed by atoms with E-state index >= 15 is 0 Å². The third-order valence-electron chi connectivity index (χ3n) is 5.34. The number of carbonyl (C=O) groups excluding carboxylic acids is 1. The van der Waals surface area contributed by atoms with E-state index in [2.05, 4.69) is 35.4 Å². The molecule has 0 saturated heterocycles. The lowest BCUT2D eigenvalue weighted by Crippen LogP contribution is -2.15. The lowest BCUT2D eigenvalue weighted by molar-refractivity contribution is 0.101. The summed E-state index contributed by atoms with van der Waals surface area (Å²) in [6, 6.07) is 22.9. The Morgan fingerprint density at radius 2 is 1.62 bits per heavy atom. The molecule has 0 atom stereocenters. The third-order valence-corrected chi connectivity index (χ3v) is 5.34. The maximum Gasteiger partial charge on any atom is 0.261 e. The molecule has 0 unspecified atom stereocenters. The van der Waals surface area contributed by atoms with Crippen LogP contribution < -0.4 is 5.32 Å². The highest BCUT2D eigenvalue weighted by molar-refractivity contribution is 6.04. The van der Waals surface area contributed by atoms with Gasteiger partial charge in [0.1, 0.15) is 17.2 Å². The van der Waals surface area contributed by atoms with Crippen molar-refractivity contribution in [3.63, 3.8) is 0 Å². The molecule has 0 spiro atoms. The Morgan fingerprint density at radius 3 is 2.31 bits per heavy atom. The first kappa shape index (κ1) is 21.4. The molecule has 160 valence electrons. The van der Waals surface area contributed by atoms with Crippen LogP contribution in [0, 0.1) is 18.6 Å². The number of hydrogen-bond acceptors (Lipinski definition) is 2. The van der Waals surface area contributed by atoms with Crippen molar-refractivity contribution in [2.45, 2.75) is 19.8 Å². The zero-order valence-electron chi connectivity index (χ0n) is 17.6. The van der Waals surface area contributed by atoms with Gasteiger partial charge in [0, 0.05) is 17.6 Å². The maximum absolute atomic E-state index is 13.8. The van der Waals surface area contributed by atoms with E-state index in [4.69, 9.17) is 0 Å². The largest absolute Gasteiger partial charge is 0.322 e. The maximum atomic E-state index is 13.8. The standard InChI is InChI=1S/C27H22F2N2O/c1-18-8-9-19(10-13-21-5-2-3-16-30-21)17-23(18)20-11-14-22(15-12-20)31-27(32)26-24(28)6-4-7-25(26)29/h2-9,11-12,14-17H,10,13H2,1H3,(H,31,32). The first-order chi connectivity index (χ1) is 15.5. The highest BCUT2D eigenvalue weighted by Crippen LogP contribution is 2.27. The van der Waals surface area contributed by atoms with Gasteiger partial charge in [-0.05, 0) is 78.4 Å². The molecule has 3 nitrogen and oxygen atoms in total. The van der Waals surface area contributed by atoms with E-state index in [9.17, 15) is 13.6 Å². The van der Waals surface area contributed by atoms with Crippen LogP contribution in [0.4, 0.5) is 14.5 Å². The Morgan fingerprint density at radius 1 is 0.875 bits per heavy atom. The topological polar surface area (TPSA) is 42.0 Å². The Labute approximate surface area is 185 Å². The second-order valence-electron chi connectivity index (χ2n) is 7.60. The SMILES string of the molecule is Cc1ccc(CCc2ccccn2)cc1-c1ccc(NC(=O)c2c(F)cccc2F)cc1. The van der Waals surface area contributed by atoms with Gasteiger partial charge in [0.25, 0.3) is 5.91 Å². The number of halogens is 2. The van der Waals surface area contributed by atoms with Crippen molar-refractivity contribution in [3.05, 3.63) is 119 Å². The van der Waals surface area contributed by atoms with Crippen LogP contribution in [0.1, 0.15) is 27.2 Å². The number of benzene rings is 3. The van der Waals surface area contributed by atoms with Crippen LogP contribution in [0.25, 0.3) is 11.1 Å². The average molecular weight is 428 g/mol. The summed E-state index contributed by atoms with van der Waals surface area (Å²) in [5.74, 6) is -2.60. The minimum absolute atomic E-state index is 0.463. The van der Waals surface area contributed by atoms with E-state index in [1.165, 1.54) is 11.6 Å². The first-order valence-electron chi connectivity index (χ1n) is 10.4. The number of amides is 1. The van der Waals surface area contributed by atoms with Crippen molar-refractivity contribution in [3.8, 4) is 11.1 Å². The zero-order valence-corrected chi connectivity index (χ0v) is 17.6. The van der Waals surface area contributed by atoms with Crippen molar-refractivity contribution in [2.24, 2.45) is 0 Å². The van der Waals surface area contributed by atoms with Crippen LogP contribution in [0.2, 0.25) is 0 Å². The van der Waals surface area contributed by atoms with Gasteiger partial charge in [0.05, 0.1) is 0 Å². The second-order valence-corrected chi connectivity index (χ2v) is 7.60. The lowest BCUT2D eigenvalue weighted by Gasteiger charge is -2.11. The van der Waals surface area contributed by atoms with Gasteiger partial charge in [-0.15, -0.1) is 0 Å². The van der Waals surface area contributed by atoms with Gasteiger partial charge in [-0.25, -0.2) is 8.78 Å². The molecule has 0 aliphatic carbocycles. The normalized spacial score (nSPS) is 10.7. The van der Waals surface area contributed by atoms with E-state index < -0.39 is 23.1 Å². The van der Waals surface area contributed by atoms with Crippen molar-refractivity contribution >= 4 is 11.6 Å². The molecule has 4 aromatic rings. The molecular weight excluding hydrogens is 406 g/mol. The van der Waals surface area contributed by atoms with Crippen LogP contribution >= 0.6 is 0 Å². The summed E-state index contributed by atoms with van der Waals surface area (Å²) in [4.78, 5) is 16.7. The van der Waals surface area contributed by atoms with E-state index in [-0.39, 0.29) is 0 Å². The number of aryl methyl sites for hydroxylation is 3. The summed E-state index contributed by atoms with van der Waals surface area (Å²) in [6.07, 6.45) is 3.55. The van der Waals surface area contributed by atoms with Gasteiger partial charge in [-0.1, -0.05) is 42.5 Å². The van der Waals surface area contributed by atoms with Crippen molar-refractivity contribution < 1.29 is 13.6 Å². The van der Waals surface area contributed by atoms with Gasteiger partial charge >= 0.3 is 0 Å². The summed E-state index contributed by atoms with van der Waals surface area (Å²) in [5.41, 5.74) is 5.37. The minimum atomic E-state index is -0.891.